The zero-order valence-electron chi connectivity index (χ0n) is 9.30. The average molecular weight is 234 g/mol. The Bertz CT molecular complexity index is 420. The minimum absolute atomic E-state index is 0.0704. The molecule has 1 aromatic rings. The van der Waals surface area contributed by atoms with Gasteiger partial charge in [-0.1, -0.05) is 30.3 Å². The molecule has 1 aromatic carbocycles. The van der Waals surface area contributed by atoms with Gasteiger partial charge in [-0.3, -0.25) is 4.79 Å². The number of hydrogen-bond donors (Lipinski definition) is 2. The predicted octanol–water partition coefficient (Wildman–Crippen LogP) is 1.65. The standard InChI is InChI=1S/C13H14O4/c14-8-4-7-11(9-12(15)16)13(17)10-5-2-1-3-6-10/h1-3,5-6,9,14H,4,7-8H2,(H,15,16)/b11-9+. The highest BCUT2D eigenvalue weighted by Gasteiger charge is 2.12. The summed E-state index contributed by atoms with van der Waals surface area (Å²) in [6, 6.07) is 8.49. The van der Waals surface area contributed by atoms with Gasteiger partial charge in [0.2, 0.25) is 0 Å². The van der Waals surface area contributed by atoms with Gasteiger partial charge < -0.3 is 10.2 Å². The van der Waals surface area contributed by atoms with Crippen LogP contribution in [-0.2, 0) is 4.79 Å². The first-order valence-corrected chi connectivity index (χ1v) is 5.29. The Hall–Kier alpha value is -1.94. The van der Waals surface area contributed by atoms with E-state index < -0.39 is 5.97 Å². The summed E-state index contributed by atoms with van der Waals surface area (Å²) in [5.74, 6) is -1.45. The third-order valence-corrected chi connectivity index (χ3v) is 2.23. The summed E-state index contributed by atoms with van der Waals surface area (Å²) < 4.78 is 0. The number of aliphatic hydroxyl groups is 1. The molecule has 0 spiro atoms. The number of carboxylic acid groups (broad SMARTS) is 1. The lowest BCUT2D eigenvalue weighted by Gasteiger charge is -2.04. The van der Waals surface area contributed by atoms with E-state index in [9.17, 15) is 9.59 Å². The van der Waals surface area contributed by atoms with Crippen LogP contribution < -0.4 is 0 Å². The SMILES string of the molecule is O=C(O)/C=C(\CCCO)C(=O)c1ccccc1. The molecule has 0 atom stereocenters. The summed E-state index contributed by atoms with van der Waals surface area (Å²) >= 11 is 0. The van der Waals surface area contributed by atoms with E-state index >= 15 is 0 Å². The third kappa shape index (κ3) is 4.20. The van der Waals surface area contributed by atoms with E-state index in [1.54, 1.807) is 30.3 Å². The summed E-state index contributed by atoms with van der Waals surface area (Å²) in [7, 11) is 0. The topological polar surface area (TPSA) is 74.6 Å². The zero-order valence-corrected chi connectivity index (χ0v) is 9.30. The van der Waals surface area contributed by atoms with Gasteiger partial charge in [-0.05, 0) is 12.8 Å². The van der Waals surface area contributed by atoms with Gasteiger partial charge in [0.15, 0.2) is 5.78 Å². The van der Waals surface area contributed by atoms with Gasteiger partial charge in [0.1, 0.15) is 0 Å². The third-order valence-electron chi connectivity index (χ3n) is 2.23. The number of benzene rings is 1. The molecule has 0 saturated carbocycles. The van der Waals surface area contributed by atoms with Crippen LogP contribution in [0, 0.1) is 0 Å². The molecule has 0 aromatic heterocycles. The fourth-order valence-electron chi connectivity index (χ4n) is 1.44. The average Bonchev–Trinajstić information content (AvgIpc) is 2.34. The fraction of sp³-hybridized carbons (Fsp3) is 0.231. The van der Waals surface area contributed by atoms with Crippen LogP contribution in [0.4, 0.5) is 0 Å². The van der Waals surface area contributed by atoms with Crippen LogP contribution >= 0.6 is 0 Å². The monoisotopic (exact) mass is 234 g/mol. The highest BCUT2D eigenvalue weighted by Crippen LogP contribution is 2.13. The molecule has 0 amide bonds. The Balaban J connectivity index is 2.91. The Kier molecular flexibility index (Phi) is 5.10. The van der Waals surface area contributed by atoms with Crippen molar-refractivity contribution in [3.05, 3.63) is 47.5 Å². The summed E-state index contributed by atoms with van der Waals surface area (Å²) in [5, 5.41) is 17.4. The van der Waals surface area contributed by atoms with Gasteiger partial charge in [0.05, 0.1) is 0 Å². The second-order valence-electron chi connectivity index (χ2n) is 3.53. The van der Waals surface area contributed by atoms with Crippen molar-refractivity contribution in [2.75, 3.05) is 6.61 Å². The second kappa shape index (κ2) is 6.60. The minimum Gasteiger partial charge on any atom is -0.478 e. The number of Topliss-reactive ketones (excluding diaryl/α,β-unsaturated/α-hetero) is 1. The van der Waals surface area contributed by atoms with Gasteiger partial charge in [-0.2, -0.15) is 0 Å². The highest BCUT2D eigenvalue weighted by molar-refractivity contribution is 6.11. The maximum absolute atomic E-state index is 12.0. The lowest BCUT2D eigenvalue weighted by atomic mass is 9.99. The van der Waals surface area contributed by atoms with Crippen molar-refractivity contribution in [2.45, 2.75) is 12.8 Å². The second-order valence-corrected chi connectivity index (χ2v) is 3.53. The van der Waals surface area contributed by atoms with E-state index in [1.165, 1.54) is 0 Å². The number of ketones is 1. The largest absolute Gasteiger partial charge is 0.478 e. The summed E-state index contributed by atoms with van der Waals surface area (Å²) in [4.78, 5) is 22.6. The molecular weight excluding hydrogens is 220 g/mol. The van der Waals surface area contributed by atoms with Crippen LogP contribution in [0.25, 0.3) is 0 Å². The number of aliphatic carboxylic acids is 1. The Labute approximate surface area is 99.2 Å². The quantitative estimate of drug-likeness (QED) is 0.579. The fourth-order valence-corrected chi connectivity index (χ4v) is 1.44. The van der Waals surface area contributed by atoms with Crippen LogP contribution in [0.5, 0.6) is 0 Å². The van der Waals surface area contributed by atoms with Gasteiger partial charge in [0.25, 0.3) is 0 Å². The van der Waals surface area contributed by atoms with E-state index in [2.05, 4.69) is 0 Å². The molecule has 0 saturated heterocycles. The maximum atomic E-state index is 12.0. The summed E-state index contributed by atoms with van der Waals surface area (Å²) in [6.07, 6.45) is 1.54. The van der Waals surface area contributed by atoms with E-state index in [-0.39, 0.29) is 24.4 Å². The summed E-state index contributed by atoms with van der Waals surface area (Å²) in [6.45, 7) is -0.0704. The normalized spacial score (nSPS) is 11.2. The molecular formula is C13H14O4. The van der Waals surface area contributed by atoms with Crippen LogP contribution in [0.15, 0.2) is 42.0 Å². The van der Waals surface area contributed by atoms with E-state index in [0.29, 0.717) is 12.0 Å². The predicted molar refractivity (Wildman–Crippen MR) is 62.8 cm³/mol. The number of hydrogen-bond acceptors (Lipinski definition) is 3. The molecule has 1 rings (SSSR count). The lowest BCUT2D eigenvalue weighted by molar-refractivity contribution is -0.131. The van der Waals surface area contributed by atoms with Crippen LogP contribution in [-0.4, -0.2) is 28.6 Å². The van der Waals surface area contributed by atoms with Crippen molar-refractivity contribution < 1.29 is 19.8 Å². The van der Waals surface area contributed by atoms with Crippen molar-refractivity contribution >= 4 is 11.8 Å². The molecule has 17 heavy (non-hydrogen) atoms. The molecule has 0 aliphatic heterocycles. The first-order chi connectivity index (χ1) is 8.15. The van der Waals surface area contributed by atoms with E-state index in [1.807, 2.05) is 0 Å². The van der Waals surface area contributed by atoms with Crippen molar-refractivity contribution in [3.8, 4) is 0 Å². The maximum Gasteiger partial charge on any atom is 0.328 e. The molecule has 4 nitrogen and oxygen atoms in total. The molecule has 0 radical (unpaired) electrons. The molecule has 0 fully saturated rings. The lowest BCUT2D eigenvalue weighted by Crippen LogP contribution is -2.07. The van der Waals surface area contributed by atoms with E-state index in [0.717, 1.165) is 6.08 Å². The highest BCUT2D eigenvalue weighted by atomic mass is 16.4. The molecule has 0 bridgehead atoms. The van der Waals surface area contributed by atoms with Crippen molar-refractivity contribution in [1.29, 1.82) is 0 Å². The van der Waals surface area contributed by atoms with Crippen LogP contribution in [0.1, 0.15) is 23.2 Å². The van der Waals surface area contributed by atoms with Crippen LogP contribution in [0.2, 0.25) is 0 Å². The molecule has 0 aliphatic rings. The summed E-state index contributed by atoms with van der Waals surface area (Å²) in [5.41, 5.74) is 0.663. The number of allylic oxidation sites excluding steroid dienone is 1. The minimum atomic E-state index is -1.15. The Morgan fingerprint density at radius 1 is 1.18 bits per heavy atom. The number of carbonyl (C=O) groups is 2. The Morgan fingerprint density at radius 2 is 1.82 bits per heavy atom. The molecule has 2 N–H and O–H groups in total. The van der Waals surface area contributed by atoms with Crippen molar-refractivity contribution in [1.82, 2.24) is 0 Å². The molecule has 0 aliphatic carbocycles. The zero-order chi connectivity index (χ0) is 12.7. The first kappa shape index (κ1) is 13.1. The molecule has 0 unspecified atom stereocenters. The van der Waals surface area contributed by atoms with Crippen LogP contribution in [0.3, 0.4) is 0 Å². The number of carbonyl (C=O) groups excluding carboxylic acids is 1. The smallest absolute Gasteiger partial charge is 0.328 e. The molecule has 4 heteroatoms. The van der Waals surface area contributed by atoms with Gasteiger partial charge in [-0.15, -0.1) is 0 Å². The van der Waals surface area contributed by atoms with Crippen molar-refractivity contribution in [3.63, 3.8) is 0 Å². The number of aliphatic hydroxyl groups excluding tert-OH is 1. The Morgan fingerprint density at radius 3 is 2.35 bits per heavy atom. The van der Waals surface area contributed by atoms with Crippen molar-refractivity contribution in [2.24, 2.45) is 0 Å². The van der Waals surface area contributed by atoms with Gasteiger partial charge in [0, 0.05) is 23.8 Å². The number of rotatable bonds is 6. The molecule has 0 heterocycles. The van der Waals surface area contributed by atoms with E-state index in [4.69, 9.17) is 10.2 Å². The van der Waals surface area contributed by atoms with Gasteiger partial charge in [-0.25, -0.2) is 4.79 Å². The number of carboxylic acids is 1. The van der Waals surface area contributed by atoms with Gasteiger partial charge >= 0.3 is 5.97 Å². The first-order valence-electron chi connectivity index (χ1n) is 5.29. The molecule has 90 valence electrons.